The van der Waals surface area contributed by atoms with E-state index in [9.17, 15) is 14.4 Å². The average Bonchev–Trinajstić information content (AvgIpc) is 3.21. The molecular weight excluding hydrogens is 396 g/mol. The molecule has 0 aliphatic rings. The highest BCUT2D eigenvalue weighted by Gasteiger charge is 2.22. The zero-order valence-electron chi connectivity index (χ0n) is 16.2. The van der Waals surface area contributed by atoms with Gasteiger partial charge >= 0.3 is 11.9 Å². The minimum absolute atomic E-state index is 0.115. The van der Waals surface area contributed by atoms with Crippen LogP contribution in [0.4, 0.5) is 5.00 Å². The Balaban J connectivity index is 1.59. The van der Waals surface area contributed by atoms with Gasteiger partial charge in [-0.15, -0.1) is 11.3 Å². The van der Waals surface area contributed by atoms with Gasteiger partial charge in [-0.05, 0) is 38.5 Å². The van der Waals surface area contributed by atoms with Gasteiger partial charge in [-0.3, -0.25) is 9.59 Å². The van der Waals surface area contributed by atoms with Crippen LogP contribution in [0.3, 0.4) is 0 Å². The third-order valence-electron chi connectivity index (χ3n) is 4.25. The monoisotopic (exact) mass is 416 g/mol. The third-order valence-corrected chi connectivity index (χ3v) is 5.37. The van der Waals surface area contributed by atoms with Gasteiger partial charge < -0.3 is 19.3 Å². The lowest BCUT2D eigenvalue weighted by Gasteiger charge is -2.07. The van der Waals surface area contributed by atoms with Crippen LogP contribution in [-0.4, -0.2) is 36.2 Å². The molecule has 0 atom stereocenters. The summed E-state index contributed by atoms with van der Waals surface area (Å²) in [5.74, 6) is -1.65. The van der Waals surface area contributed by atoms with Crippen molar-refractivity contribution in [2.45, 2.75) is 27.2 Å². The van der Waals surface area contributed by atoms with E-state index in [1.165, 1.54) is 11.3 Å². The molecule has 2 aromatic heterocycles. The molecule has 8 nitrogen and oxygen atoms in total. The van der Waals surface area contributed by atoms with Gasteiger partial charge in [-0.1, -0.05) is 17.3 Å². The SMILES string of the molecule is CCOC(=O)c1c(NC(=O)COC(=O)Cc2noc3ccccc23)sc(C)c1C. The Bertz CT molecular complexity index is 1070. The van der Waals surface area contributed by atoms with E-state index >= 15 is 0 Å². The number of anilines is 1. The summed E-state index contributed by atoms with van der Waals surface area (Å²) in [6.07, 6.45) is -0.115. The molecule has 9 heteroatoms. The van der Waals surface area contributed by atoms with Crippen LogP contribution in [0.2, 0.25) is 0 Å². The van der Waals surface area contributed by atoms with Crippen LogP contribution in [-0.2, 0) is 25.5 Å². The van der Waals surface area contributed by atoms with Crippen LogP contribution >= 0.6 is 11.3 Å². The van der Waals surface area contributed by atoms with Crippen LogP contribution in [0.5, 0.6) is 0 Å². The van der Waals surface area contributed by atoms with Crippen molar-refractivity contribution in [1.82, 2.24) is 5.16 Å². The molecular formula is C20H20N2O6S. The quantitative estimate of drug-likeness (QED) is 0.588. The van der Waals surface area contributed by atoms with Crippen LogP contribution in [0.1, 0.15) is 33.4 Å². The molecule has 0 radical (unpaired) electrons. The van der Waals surface area contributed by atoms with Gasteiger partial charge in [0.25, 0.3) is 5.91 Å². The van der Waals surface area contributed by atoms with Crippen molar-refractivity contribution < 1.29 is 28.4 Å². The molecule has 29 heavy (non-hydrogen) atoms. The smallest absolute Gasteiger partial charge is 0.341 e. The molecule has 0 aliphatic carbocycles. The first kappa shape index (κ1) is 20.5. The fourth-order valence-corrected chi connectivity index (χ4v) is 3.79. The van der Waals surface area contributed by atoms with Gasteiger partial charge in [-0.2, -0.15) is 0 Å². The zero-order chi connectivity index (χ0) is 21.0. The number of ether oxygens (including phenoxy) is 2. The lowest BCUT2D eigenvalue weighted by molar-refractivity contribution is -0.146. The molecule has 1 amide bonds. The Kier molecular flexibility index (Phi) is 6.28. The van der Waals surface area contributed by atoms with Gasteiger partial charge in [0.05, 0.1) is 18.6 Å². The van der Waals surface area contributed by atoms with Crippen LogP contribution in [0.15, 0.2) is 28.8 Å². The molecule has 0 fully saturated rings. The Morgan fingerprint density at radius 2 is 1.93 bits per heavy atom. The maximum atomic E-state index is 12.2. The lowest BCUT2D eigenvalue weighted by Crippen LogP contribution is -2.22. The standard InChI is InChI=1S/C20H20N2O6S/c1-4-26-20(25)18-11(2)12(3)29-19(18)21-16(23)10-27-17(24)9-14-13-7-5-6-8-15(13)28-22-14/h5-8H,4,9-10H2,1-3H3,(H,21,23). The normalized spacial score (nSPS) is 10.7. The van der Waals surface area contributed by atoms with Gasteiger partial charge in [0, 0.05) is 10.3 Å². The number of aromatic nitrogens is 1. The Morgan fingerprint density at radius 3 is 2.69 bits per heavy atom. The maximum Gasteiger partial charge on any atom is 0.341 e. The number of carbonyl (C=O) groups excluding carboxylic acids is 3. The molecule has 152 valence electrons. The van der Waals surface area contributed by atoms with Crippen molar-refractivity contribution >= 4 is 45.2 Å². The van der Waals surface area contributed by atoms with Crippen molar-refractivity contribution in [1.29, 1.82) is 0 Å². The van der Waals surface area contributed by atoms with E-state index in [2.05, 4.69) is 10.5 Å². The van der Waals surface area contributed by atoms with Crippen LogP contribution < -0.4 is 5.32 Å². The number of amides is 1. The highest BCUT2D eigenvalue weighted by atomic mass is 32.1. The molecule has 0 aliphatic heterocycles. The molecule has 1 aromatic carbocycles. The molecule has 0 saturated heterocycles. The van der Waals surface area contributed by atoms with Crippen molar-refractivity contribution in [3.63, 3.8) is 0 Å². The number of hydrogen-bond acceptors (Lipinski definition) is 8. The van der Waals surface area contributed by atoms with E-state index in [4.69, 9.17) is 14.0 Å². The summed E-state index contributed by atoms with van der Waals surface area (Å²) in [7, 11) is 0. The number of fused-ring (bicyclic) bond motifs is 1. The van der Waals surface area contributed by atoms with E-state index in [0.717, 1.165) is 15.8 Å². The van der Waals surface area contributed by atoms with Gasteiger partial charge in [0.2, 0.25) is 0 Å². The number of para-hydroxylation sites is 1. The molecule has 0 unspecified atom stereocenters. The first-order valence-corrected chi connectivity index (χ1v) is 9.78. The van der Waals surface area contributed by atoms with E-state index in [1.54, 1.807) is 32.0 Å². The number of benzene rings is 1. The fourth-order valence-electron chi connectivity index (χ4n) is 2.73. The number of rotatable bonds is 7. The number of hydrogen-bond donors (Lipinski definition) is 1. The second-order valence-electron chi connectivity index (χ2n) is 6.22. The molecule has 1 N–H and O–H groups in total. The predicted molar refractivity (Wildman–Crippen MR) is 107 cm³/mol. The summed E-state index contributed by atoms with van der Waals surface area (Å²) in [5.41, 5.74) is 2.09. The summed E-state index contributed by atoms with van der Waals surface area (Å²) in [6, 6.07) is 7.16. The number of aryl methyl sites for hydroxylation is 1. The number of nitrogens with zero attached hydrogens (tertiary/aromatic N) is 1. The van der Waals surface area contributed by atoms with Crippen LogP contribution in [0, 0.1) is 13.8 Å². The Hall–Kier alpha value is -3.20. The Labute approximate surface area is 170 Å². The molecule has 0 bridgehead atoms. The first-order valence-electron chi connectivity index (χ1n) is 8.96. The average molecular weight is 416 g/mol. The lowest BCUT2D eigenvalue weighted by atomic mass is 10.1. The molecule has 3 rings (SSSR count). The van der Waals surface area contributed by atoms with Crippen molar-refractivity contribution in [2.75, 3.05) is 18.5 Å². The third kappa shape index (κ3) is 4.62. The first-order chi connectivity index (χ1) is 13.9. The van der Waals surface area contributed by atoms with Crippen molar-refractivity contribution in [2.24, 2.45) is 0 Å². The van der Waals surface area contributed by atoms with Crippen molar-refractivity contribution in [3.8, 4) is 0 Å². The molecule has 0 spiro atoms. The van der Waals surface area contributed by atoms with Crippen molar-refractivity contribution in [3.05, 3.63) is 46.0 Å². The minimum atomic E-state index is -0.608. The summed E-state index contributed by atoms with van der Waals surface area (Å²) in [5, 5.41) is 7.58. The predicted octanol–water partition coefficient (Wildman–Crippen LogP) is 3.41. The number of esters is 2. The molecule has 2 heterocycles. The minimum Gasteiger partial charge on any atom is -0.462 e. The van der Waals surface area contributed by atoms with E-state index in [-0.39, 0.29) is 13.0 Å². The summed E-state index contributed by atoms with van der Waals surface area (Å²) < 4.78 is 15.2. The number of carbonyl (C=O) groups is 3. The van der Waals surface area contributed by atoms with Gasteiger partial charge in [0.1, 0.15) is 10.7 Å². The fraction of sp³-hybridized carbons (Fsp3) is 0.300. The summed E-state index contributed by atoms with van der Waals surface area (Å²) in [4.78, 5) is 37.3. The molecule has 0 saturated carbocycles. The van der Waals surface area contributed by atoms with E-state index in [0.29, 0.717) is 21.8 Å². The highest BCUT2D eigenvalue weighted by Crippen LogP contribution is 2.33. The Morgan fingerprint density at radius 1 is 1.17 bits per heavy atom. The largest absolute Gasteiger partial charge is 0.462 e. The zero-order valence-corrected chi connectivity index (χ0v) is 17.1. The highest BCUT2D eigenvalue weighted by molar-refractivity contribution is 7.16. The number of nitrogens with one attached hydrogen (secondary N) is 1. The van der Waals surface area contributed by atoms with Crippen LogP contribution in [0.25, 0.3) is 11.0 Å². The summed E-state index contributed by atoms with van der Waals surface area (Å²) in [6.45, 7) is 5.10. The van der Waals surface area contributed by atoms with Gasteiger partial charge in [-0.25, -0.2) is 4.79 Å². The second kappa shape index (κ2) is 8.87. The van der Waals surface area contributed by atoms with E-state index in [1.807, 2.05) is 13.0 Å². The maximum absolute atomic E-state index is 12.2. The second-order valence-corrected chi connectivity index (χ2v) is 7.44. The summed E-state index contributed by atoms with van der Waals surface area (Å²) >= 11 is 1.27. The topological polar surface area (TPSA) is 108 Å². The number of thiophene rings is 1. The van der Waals surface area contributed by atoms with Gasteiger partial charge in [0.15, 0.2) is 12.2 Å². The van der Waals surface area contributed by atoms with E-state index < -0.39 is 24.5 Å². The molecule has 3 aromatic rings.